The molecular formula is C14H16N2O3. The number of aryl methyl sites for hydroxylation is 2. The van der Waals surface area contributed by atoms with Gasteiger partial charge in [-0.25, -0.2) is 0 Å². The minimum absolute atomic E-state index is 0.0789. The quantitative estimate of drug-likeness (QED) is 0.786. The molecule has 1 amide bonds. The van der Waals surface area contributed by atoms with Crippen LogP contribution in [0.4, 0.5) is 0 Å². The molecule has 19 heavy (non-hydrogen) atoms. The molecule has 1 aromatic carbocycles. The van der Waals surface area contributed by atoms with E-state index < -0.39 is 5.97 Å². The first kappa shape index (κ1) is 13.1. The Hall–Kier alpha value is -2.30. The molecule has 0 fully saturated rings. The second kappa shape index (κ2) is 5.14. The molecule has 5 heteroatoms. The van der Waals surface area contributed by atoms with Crippen LogP contribution in [0.5, 0.6) is 0 Å². The highest BCUT2D eigenvalue weighted by Crippen LogP contribution is 2.24. The number of hydrogen-bond acceptors (Lipinski definition) is 2. The van der Waals surface area contributed by atoms with E-state index in [1.54, 1.807) is 6.07 Å². The largest absolute Gasteiger partial charge is 0.481 e. The summed E-state index contributed by atoms with van der Waals surface area (Å²) in [6.07, 6.45) is -0.0789. The fraction of sp³-hybridized carbons (Fsp3) is 0.286. The average Bonchev–Trinajstić information content (AvgIpc) is 2.65. The van der Waals surface area contributed by atoms with Crippen LogP contribution in [-0.2, 0) is 4.79 Å². The standard InChI is InChI=1S/C14H16N2O3/c1-8-9(2)16-13-10(8)4-3-5-11(13)14(19)15-7-6-12(17)18/h3-5,16H,6-7H2,1-2H3,(H,15,19)(H,17,18). The number of hydrogen-bond donors (Lipinski definition) is 3. The van der Waals surface area contributed by atoms with Crippen molar-refractivity contribution in [2.24, 2.45) is 0 Å². The number of aromatic amines is 1. The van der Waals surface area contributed by atoms with E-state index >= 15 is 0 Å². The molecule has 0 atom stereocenters. The van der Waals surface area contributed by atoms with Crippen LogP contribution in [0.25, 0.3) is 10.9 Å². The molecule has 1 heterocycles. The minimum Gasteiger partial charge on any atom is -0.481 e. The molecule has 0 saturated heterocycles. The predicted molar refractivity (Wildman–Crippen MR) is 72.4 cm³/mol. The predicted octanol–water partition coefficient (Wildman–Crippen LogP) is 1.99. The molecule has 100 valence electrons. The summed E-state index contributed by atoms with van der Waals surface area (Å²) >= 11 is 0. The van der Waals surface area contributed by atoms with Crippen LogP contribution in [0.1, 0.15) is 28.0 Å². The number of nitrogens with one attached hydrogen (secondary N) is 2. The van der Waals surface area contributed by atoms with Crippen molar-refractivity contribution in [2.75, 3.05) is 6.54 Å². The van der Waals surface area contributed by atoms with Gasteiger partial charge in [0.15, 0.2) is 0 Å². The molecule has 0 spiro atoms. The van der Waals surface area contributed by atoms with E-state index in [0.717, 1.165) is 22.2 Å². The van der Waals surface area contributed by atoms with Gasteiger partial charge in [0, 0.05) is 17.6 Å². The Kier molecular flexibility index (Phi) is 3.55. The van der Waals surface area contributed by atoms with Crippen molar-refractivity contribution >= 4 is 22.8 Å². The van der Waals surface area contributed by atoms with Gasteiger partial charge in [-0.15, -0.1) is 0 Å². The zero-order valence-electron chi connectivity index (χ0n) is 10.9. The third-order valence-corrected chi connectivity index (χ3v) is 3.21. The average molecular weight is 260 g/mol. The van der Waals surface area contributed by atoms with E-state index in [2.05, 4.69) is 10.3 Å². The first-order chi connectivity index (χ1) is 9.00. The molecule has 0 bridgehead atoms. The van der Waals surface area contributed by atoms with Crippen molar-refractivity contribution in [3.8, 4) is 0 Å². The summed E-state index contributed by atoms with van der Waals surface area (Å²) < 4.78 is 0. The van der Waals surface area contributed by atoms with E-state index in [1.165, 1.54) is 0 Å². The van der Waals surface area contributed by atoms with Gasteiger partial charge in [-0.3, -0.25) is 9.59 Å². The van der Waals surface area contributed by atoms with Gasteiger partial charge < -0.3 is 15.4 Å². The number of carboxylic acids is 1. The van der Waals surface area contributed by atoms with Crippen LogP contribution in [0.15, 0.2) is 18.2 Å². The second-order valence-corrected chi connectivity index (χ2v) is 4.50. The van der Waals surface area contributed by atoms with E-state index in [0.29, 0.717) is 5.56 Å². The Morgan fingerprint density at radius 1 is 1.32 bits per heavy atom. The zero-order chi connectivity index (χ0) is 14.0. The maximum Gasteiger partial charge on any atom is 0.305 e. The van der Waals surface area contributed by atoms with E-state index in [1.807, 2.05) is 26.0 Å². The van der Waals surface area contributed by atoms with Crippen LogP contribution in [0, 0.1) is 13.8 Å². The number of aromatic nitrogens is 1. The number of aliphatic carboxylic acids is 1. The third-order valence-electron chi connectivity index (χ3n) is 3.21. The van der Waals surface area contributed by atoms with E-state index in [-0.39, 0.29) is 18.9 Å². The van der Waals surface area contributed by atoms with Crippen molar-refractivity contribution in [3.63, 3.8) is 0 Å². The van der Waals surface area contributed by atoms with Crippen molar-refractivity contribution < 1.29 is 14.7 Å². The lowest BCUT2D eigenvalue weighted by molar-refractivity contribution is -0.136. The smallest absolute Gasteiger partial charge is 0.305 e. The lowest BCUT2D eigenvalue weighted by Gasteiger charge is -2.05. The topological polar surface area (TPSA) is 82.2 Å². The molecule has 0 saturated carbocycles. The third kappa shape index (κ3) is 2.59. The summed E-state index contributed by atoms with van der Waals surface area (Å²) in [7, 11) is 0. The number of carbonyl (C=O) groups is 2. The Balaban J connectivity index is 2.27. The summed E-state index contributed by atoms with van der Waals surface area (Å²) in [5.41, 5.74) is 3.49. The minimum atomic E-state index is -0.926. The number of H-pyrrole nitrogens is 1. The summed E-state index contributed by atoms with van der Waals surface area (Å²) in [5.74, 6) is -1.18. The molecule has 0 radical (unpaired) electrons. The van der Waals surface area contributed by atoms with E-state index in [9.17, 15) is 9.59 Å². The van der Waals surface area contributed by atoms with Crippen molar-refractivity contribution in [2.45, 2.75) is 20.3 Å². The summed E-state index contributed by atoms with van der Waals surface area (Å²) in [6.45, 7) is 4.09. The molecule has 3 N–H and O–H groups in total. The number of fused-ring (bicyclic) bond motifs is 1. The fourth-order valence-electron chi connectivity index (χ4n) is 2.05. The van der Waals surface area contributed by atoms with Crippen LogP contribution >= 0.6 is 0 Å². The fourth-order valence-corrected chi connectivity index (χ4v) is 2.05. The Morgan fingerprint density at radius 2 is 2.05 bits per heavy atom. The van der Waals surface area contributed by atoms with Crippen LogP contribution in [-0.4, -0.2) is 28.5 Å². The summed E-state index contributed by atoms with van der Waals surface area (Å²) in [4.78, 5) is 25.7. The van der Waals surface area contributed by atoms with Crippen molar-refractivity contribution in [3.05, 3.63) is 35.0 Å². The highest BCUT2D eigenvalue weighted by atomic mass is 16.4. The lowest BCUT2D eigenvalue weighted by Crippen LogP contribution is -2.26. The van der Waals surface area contributed by atoms with Gasteiger partial charge in [-0.05, 0) is 25.5 Å². The second-order valence-electron chi connectivity index (χ2n) is 4.50. The van der Waals surface area contributed by atoms with E-state index in [4.69, 9.17) is 5.11 Å². The number of carbonyl (C=O) groups excluding carboxylic acids is 1. The van der Waals surface area contributed by atoms with Gasteiger partial charge in [-0.2, -0.15) is 0 Å². The summed E-state index contributed by atoms with van der Waals surface area (Å²) in [6, 6.07) is 5.52. The van der Waals surface area contributed by atoms with Crippen LogP contribution in [0.2, 0.25) is 0 Å². The van der Waals surface area contributed by atoms with Gasteiger partial charge >= 0.3 is 5.97 Å². The molecule has 2 aromatic rings. The molecule has 1 aromatic heterocycles. The van der Waals surface area contributed by atoms with Crippen LogP contribution < -0.4 is 5.32 Å². The number of rotatable bonds is 4. The highest BCUT2D eigenvalue weighted by molar-refractivity contribution is 6.06. The molecular weight excluding hydrogens is 244 g/mol. The van der Waals surface area contributed by atoms with Gasteiger partial charge in [-0.1, -0.05) is 12.1 Å². The van der Waals surface area contributed by atoms with Crippen LogP contribution in [0.3, 0.4) is 0 Å². The molecule has 0 aliphatic rings. The van der Waals surface area contributed by atoms with Gasteiger partial charge in [0.25, 0.3) is 5.91 Å². The highest BCUT2D eigenvalue weighted by Gasteiger charge is 2.13. The zero-order valence-corrected chi connectivity index (χ0v) is 10.9. The van der Waals surface area contributed by atoms with Gasteiger partial charge in [0.1, 0.15) is 0 Å². The lowest BCUT2D eigenvalue weighted by atomic mass is 10.1. The number of para-hydroxylation sites is 1. The monoisotopic (exact) mass is 260 g/mol. The SMILES string of the molecule is Cc1[nH]c2c(C(=O)NCCC(=O)O)cccc2c1C. The maximum atomic E-state index is 12.0. The van der Waals surface area contributed by atoms with Crippen molar-refractivity contribution in [1.29, 1.82) is 0 Å². The Morgan fingerprint density at radius 3 is 2.74 bits per heavy atom. The number of benzene rings is 1. The number of amides is 1. The van der Waals surface area contributed by atoms with Gasteiger partial charge in [0.05, 0.1) is 17.5 Å². The number of carboxylic acid groups (broad SMARTS) is 1. The first-order valence-corrected chi connectivity index (χ1v) is 6.08. The molecule has 0 aliphatic heterocycles. The van der Waals surface area contributed by atoms with Crippen molar-refractivity contribution in [1.82, 2.24) is 10.3 Å². The Bertz CT molecular complexity index is 643. The molecule has 0 unspecified atom stereocenters. The first-order valence-electron chi connectivity index (χ1n) is 6.08. The Labute approximate surface area is 110 Å². The molecule has 5 nitrogen and oxygen atoms in total. The normalized spacial score (nSPS) is 10.6. The molecule has 0 aliphatic carbocycles. The summed E-state index contributed by atoms with van der Waals surface area (Å²) in [5, 5.41) is 12.2. The molecule has 2 rings (SSSR count). The maximum absolute atomic E-state index is 12.0. The van der Waals surface area contributed by atoms with Gasteiger partial charge in [0.2, 0.25) is 0 Å².